The average molecular weight is 313 g/mol. The van der Waals surface area contributed by atoms with Crippen LogP contribution in [-0.4, -0.2) is 15.0 Å². The van der Waals surface area contributed by atoms with Crippen LogP contribution in [0.25, 0.3) is 0 Å². The molecule has 0 saturated heterocycles. The number of rotatable bonds is 4. The third kappa shape index (κ3) is 2.69. The summed E-state index contributed by atoms with van der Waals surface area (Å²) >= 11 is 3.23. The van der Waals surface area contributed by atoms with Gasteiger partial charge in [-0.25, -0.2) is 9.07 Å². The van der Waals surface area contributed by atoms with Crippen molar-refractivity contribution < 1.29 is 4.39 Å². The Bertz CT molecular complexity index is 553. The number of nitrogen functional groups attached to an aromatic ring is 1. The monoisotopic (exact) mass is 312 g/mol. The van der Waals surface area contributed by atoms with E-state index >= 15 is 0 Å². The van der Waals surface area contributed by atoms with E-state index in [0.29, 0.717) is 17.9 Å². The van der Waals surface area contributed by atoms with E-state index in [1.165, 1.54) is 6.07 Å². The van der Waals surface area contributed by atoms with Gasteiger partial charge in [-0.05, 0) is 18.6 Å². The van der Waals surface area contributed by atoms with Gasteiger partial charge in [-0.3, -0.25) is 0 Å². The maximum Gasteiger partial charge on any atom is 0.169 e. The van der Waals surface area contributed by atoms with E-state index in [9.17, 15) is 4.39 Å². The molecule has 0 amide bonds. The summed E-state index contributed by atoms with van der Waals surface area (Å²) in [4.78, 5) is 0. The van der Waals surface area contributed by atoms with Crippen LogP contribution >= 0.6 is 15.9 Å². The molecule has 0 unspecified atom stereocenters. The van der Waals surface area contributed by atoms with Crippen LogP contribution in [0.5, 0.6) is 0 Å². The van der Waals surface area contributed by atoms with Crippen LogP contribution in [0.3, 0.4) is 0 Å². The van der Waals surface area contributed by atoms with Crippen molar-refractivity contribution >= 4 is 21.7 Å². The molecule has 0 aliphatic rings. The molecule has 6 heteroatoms. The highest BCUT2D eigenvalue weighted by molar-refractivity contribution is 9.10. The van der Waals surface area contributed by atoms with Crippen LogP contribution in [0.2, 0.25) is 0 Å². The fraction of sp³-hybridized carbons (Fsp3) is 0.333. The number of aromatic nitrogens is 3. The van der Waals surface area contributed by atoms with E-state index in [1.54, 1.807) is 16.8 Å². The Morgan fingerprint density at radius 2 is 2.22 bits per heavy atom. The number of nitrogens with two attached hydrogens (primary N) is 1. The molecule has 18 heavy (non-hydrogen) atoms. The Morgan fingerprint density at radius 1 is 1.44 bits per heavy atom. The maximum absolute atomic E-state index is 13.7. The second-order valence-corrected chi connectivity index (χ2v) is 4.98. The normalized spacial score (nSPS) is 10.8. The lowest BCUT2D eigenvalue weighted by molar-refractivity contribution is 0.563. The van der Waals surface area contributed by atoms with E-state index in [0.717, 1.165) is 23.0 Å². The van der Waals surface area contributed by atoms with Crippen molar-refractivity contribution in [1.29, 1.82) is 0 Å². The van der Waals surface area contributed by atoms with Gasteiger partial charge >= 0.3 is 0 Å². The zero-order valence-corrected chi connectivity index (χ0v) is 11.6. The zero-order valence-electron chi connectivity index (χ0n) is 10.0. The molecular formula is C12H14BrFN4. The van der Waals surface area contributed by atoms with Gasteiger partial charge in [0.25, 0.3) is 0 Å². The van der Waals surface area contributed by atoms with Crippen LogP contribution in [0, 0.1) is 5.82 Å². The maximum atomic E-state index is 13.7. The Kier molecular flexibility index (Phi) is 3.96. The Hall–Kier alpha value is -1.43. The molecule has 1 aromatic heterocycles. The molecule has 0 bridgehead atoms. The van der Waals surface area contributed by atoms with E-state index in [-0.39, 0.29) is 5.82 Å². The average Bonchev–Trinajstić information content (AvgIpc) is 2.66. The number of anilines is 1. The summed E-state index contributed by atoms with van der Waals surface area (Å²) in [5, 5.41) is 7.79. The molecular weight excluding hydrogens is 299 g/mol. The Balaban J connectivity index is 2.28. The van der Waals surface area contributed by atoms with Gasteiger partial charge in [-0.2, -0.15) is 0 Å². The summed E-state index contributed by atoms with van der Waals surface area (Å²) in [7, 11) is 0. The van der Waals surface area contributed by atoms with Crippen LogP contribution in [0.1, 0.15) is 24.6 Å². The second-order valence-electron chi connectivity index (χ2n) is 4.06. The minimum atomic E-state index is -0.263. The number of benzene rings is 1. The first-order valence-corrected chi connectivity index (χ1v) is 6.53. The number of hydrogen-bond acceptors (Lipinski definition) is 3. The van der Waals surface area contributed by atoms with Gasteiger partial charge in [0.2, 0.25) is 0 Å². The topological polar surface area (TPSA) is 56.7 Å². The van der Waals surface area contributed by atoms with Gasteiger partial charge in [0.1, 0.15) is 5.82 Å². The molecule has 1 heterocycles. The van der Waals surface area contributed by atoms with Crippen LogP contribution in [0.15, 0.2) is 22.7 Å². The highest BCUT2D eigenvalue weighted by atomic mass is 79.9. The summed E-state index contributed by atoms with van der Waals surface area (Å²) in [5.41, 5.74) is 7.18. The Morgan fingerprint density at radius 3 is 2.89 bits per heavy atom. The molecule has 2 aromatic rings. The van der Waals surface area contributed by atoms with Gasteiger partial charge < -0.3 is 5.73 Å². The summed E-state index contributed by atoms with van der Waals surface area (Å²) in [5.74, 6) is 0.162. The fourth-order valence-electron chi connectivity index (χ4n) is 1.78. The first kappa shape index (κ1) is 13.0. The first-order chi connectivity index (χ1) is 8.61. The summed E-state index contributed by atoms with van der Waals surface area (Å²) in [6.45, 7) is 2.40. The number of halogens is 2. The van der Waals surface area contributed by atoms with Crippen molar-refractivity contribution in [2.24, 2.45) is 0 Å². The highest BCUT2D eigenvalue weighted by Gasteiger charge is 2.11. The van der Waals surface area contributed by atoms with Crippen molar-refractivity contribution in [3.05, 3.63) is 39.7 Å². The molecule has 0 aliphatic carbocycles. The smallest absolute Gasteiger partial charge is 0.169 e. The van der Waals surface area contributed by atoms with E-state index in [1.807, 2.05) is 0 Å². The molecule has 0 spiro atoms. The predicted octanol–water partition coefficient (Wildman–Crippen LogP) is 2.76. The van der Waals surface area contributed by atoms with Gasteiger partial charge in [-0.1, -0.05) is 40.6 Å². The zero-order chi connectivity index (χ0) is 13.1. The second kappa shape index (κ2) is 5.48. The Labute approximate surface area is 113 Å². The third-order valence-electron chi connectivity index (χ3n) is 2.69. The minimum absolute atomic E-state index is 0.263. The molecule has 0 aliphatic heterocycles. The lowest BCUT2D eigenvalue weighted by atomic mass is 10.2. The molecule has 2 rings (SSSR count). The molecule has 4 nitrogen and oxygen atoms in total. The van der Waals surface area contributed by atoms with Gasteiger partial charge in [0, 0.05) is 10.0 Å². The van der Waals surface area contributed by atoms with Gasteiger partial charge in [-0.15, -0.1) is 5.10 Å². The molecule has 0 atom stereocenters. The minimum Gasteiger partial charge on any atom is -0.381 e. The lowest BCUT2D eigenvalue weighted by Gasteiger charge is -2.07. The number of nitrogens with zero attached hydrogens (tertiary/aromatic N) is 3. The van der Waals surface area contributed by atoms with Crippen molar-refractivity contribution in [2.75, 3.05) is 5.73 Å². The largest absolute Gasteiger partial charge is 0.381 e. The summed E-state index contributed by atoms with van der Waals surface area (Å²) < 4.78 is 16.1. The molecule has 0 saturated carbocycles. The first-order valence-electron chi connectivity index (χ1n) is 5.73. The van der Waals surface area contributed by atoms with Crippen LogP contribution in [-0.2, 0) is 13.0 Å². The van der Waals surface area contributed by atoms with Crippen molar-refractivity contribution in [1.82, 2.24) is 15.0 Å². The van der Waals surface area contributed by atoms with Crippen LogP contribution in [0.4, 0.5) is 10.2 Å². The van der Waals surface area contributed by atoms with E-state index in [4.69, 9.17) is 5.73 Å². The van der Waals surface area contributed by atoms with Crippen molar-refractivity contribution in [3.8, 4) is 0 Å². The van der Waals surface area contributed by atoms with Crippen LogP contribution < -0.4 is 5.73 Å². The standard InChI is InChI=1S/C12H14BrFN4/c1-2-3-11-12(15)16-17-18(11)7-8-4-5-9(13)6-10(8)14/h4-6H,2-3,7,15H2,1H3. The van der Waals surface area contributed by atoms with E-state index in [2.05, 4.69) is 33.2 Å². The molecule has 96 valence electrons. The summed E-state index contributed by atoms with van der Waals surface area (Å²) in [6, 6.07) is 4.97. The quantitative estimate of drug-likeness (QED) is 0.944. The summed E-state index contributed by atoms with van der Waals surface area (Å²) in [6.07, 6.45) is 1.73. The fourth-order valence-corrected chi connectivity index (χ4v) is 2.11. The molecule has 0 radical (unpaired) electrons. The molecule has 0 fully saturated rings. The lowest BCUT2D eigenvalue weighted by Crippen LogP contribution is -2.08. The third-order valence-corrected chi connectivity index (χ3v) is 3.18. The number of hydrogen-bond donors (Lipinski definition) is 1. The highest BCUT2D eigenvalue weighted by Crippen LogP contribution is 2.18. The van der Waals surface area contributed by atoms with Gasteiger partial charge in [0.15, 0.2) is 5.82 Å². The predicted molar refractivity (Wildman–Crippen MR) is 71.6 cm³/mol. The molecule has 2 N–H and O–H groups in total. The van der Waals surface area contributed by atoms with Crippen molar-refractivity contribution in [2.45, 2.75) is 26.3 Å². The van der Waals surface area contributed by atoms with E-state index < -0.39 is 0 Å². The van der Waals surface area contributed by atoms with Gasteiger partial charge in [0.05, 0.1) is 12.2 Å². The molecule has 1 aromatic carbocycles. The SMILES string of the molecule is CCCc1c(N)nnn1Cc1ccc(Br)cc1F. The van der Waals surface area contributed by atoms with Crippen molar-refractivity contribution in [3.63, 3.8) is 0 Å².